The lowest BCUT2D eigenvalue weighted by Crippen LogP contribution is -2.13. The second kappa shape index (κ2) is 7.91. The highest BCUT2D eigenvalue weighted by Gasteiger charge is 2.29. The number of nitrogens with zero attached hydrogens (tertiary/aromatic N) is 4. The van der Waals surface area contributed by atoms with Crippen LogP contribution < -0.4 is 5.32 Å². The Labute approximate surface area is 193 Å². The predicted octanol–water partition coefficient (Wildman–Crippen LogP) is 5.50. The minimum atomic E-state index is -0.670. The summed E-state index contributed by atoms with van der Waals surface area (Å²) in [7, 11) is 0. The van der Waals surface area contributed by atoms with Crippen molar-refractivity contribution in [1.29, 1.82) is 0 Å². The Morgan fingerprint density at radius 1 is 1.00 bits per heavy atom. The van der Waals surface area contributed by atoms with E-state index in [-0.39, 0.29) is 17.4 Å². The van der Waals surface area contributed by atoms with Gasteiger partial charge in [-0.05, 0) is 73.0 Å². The van der Waals surface area contributed by atoms with Gasteiger partial charge in [-0.1, -0.05) is 0 Å². The first kappa shape index (κ1) is 20.3. The smallest absolute Gasteiger partial charge is 0.227 e. The van der Waals surface area contributed by atoms with Gasteiger partial charge in [0.05, 0.1) is 16.7 Å². The number of hydrogen-bond donors (Lipinski definition) is 1. The van der Waals surface area contributed by atoms with Crippen molar-refractivity contribution in [3.63, 3.8) is 0 Å². The zero-order valence-electron chi connectivity index (χ0n) is 18.0. The minimum absolute atomic E-state index is 0.0180. The van der Waals surface area contributed by atoms with E-state index in [4.69, 9.17) is 0 Å². The van der Waals surface area contributed by atoms with Crippen LogP contribution in [-0.4, -0.2) is 25.2 Å². The Bertz CT molecular complexity index is 1540. The van der Waals surface area contributed by atoms with Gasteiger partial charge >= 0.3 is 0 Å². The number of anilines is 1. The SMILES string of the molecule is O=C(Nc1cc(-c2ccc(F)cc2F)cc(-n2cnc3cc(-n4cccn4)ccc32)c1)C1CC1. The number of hydrogen-bond acceptors (Lipinski definition) is 3. The summed E-state index contributed by atoms with van der Waals surface area (Å²) >= 11 is 0. The number of nitrogens with one attached hydrogen (secondary N) is 1. The molecular formula is C26H19F2N5O. The van der Waals surface area contributed by atoms with E-state index in [0.717, 1.165) is 35.6 Å². The number of carbonyl (C=O) groups excluding carboxylic acids is 1. The Morgan fingerprint density at radius 2 is 1.88 bits per heavy atom. The molecule has 0 spiro atoms. The molecule has 6 nitrogen and oxygen atoms in total. The average Bonchev–Trinajstić information content (AvgIpc) is 3.36. The molecule has 1 aliphatic rings. The van der Waals surface area contributed by atoms with Crippen molar-refractivity contribution in [3.05, 3.63) is 91.0 Å². The molecule has 0 bridgehead atoms. The number of rotatable bonds is 5. The summed E-state index contributed by atoms with van der Waals surface area (Å²) in [6, 6.07) is 16.5. The number of halogens is 2. The van der Waals surface area contributed by atoms with E-state index in [9.17, 15) is 13.6 Å². The third kappa shape index (κ3) is 3.73. The molecular weight excluding hydrogens is 436 g/mol. The van der Waals surface area contributed by atoms with Crippen LogP contribution in [0.2, 0.25) is 0 Å². The van der Waals surface area contributed by atoms with E-state index in [2.05, 4.69) is 15.4 Å². The molecule has 5 aromatic rings. The highest BCUT2D eigenvalue weighted by molar-refractivity contribution is 5.95. The Kier molecular flexibility index (Phi) is 4.72. The second-order valence-electron chi connectivity index (χ2n) is 8.39. The molecule has 0 radical (unpaired) electrons. The molecule has 0 unspecified atom stereocenters. The van der Waals surface area contributed by atoms with Crippen molar-refractivity contribution < 1.29 is 13.6 Å². The fourth-order valence-electron chi connectivity index (χ4n) is 4.06. The molecule has 0 atom stereocenters. The zero-order chi connectivity index (χ0) is 23.2. The van der Waals surface area contributed by atoms with Crippen LogP contribution in [-0.2, 0) is 4.79 Å². The molecule has 1 N–H and O–H groups in total. The van der Waals surface area contributed by atoms with Gasteiger partial charge < -0.3 is 5.32 Å². The van der Waals surface area contributed by atoms with Crippen molar-refractivity contribution in [2.24, 2.45) is 5.92 Å². The number of aromatic nitrogens is 4. The lowest BCUT2D eigenvalue weighted by molar-refractivity contribution is -0.117. The van der Waals surface area contributed by atoms with Crippen LogP contribution in [0, 0.1) is 17.6 Å². The van der Waals surface area contributed by atoms with Crippen molar-refractivity contribution in [1.82, 2.24) is 19.3 Å². The number of amides is 1. The standard InChI is InChI=1S/C26H19F2N5O/c27-18-4-6-22(23(28)12-18)17-10-19(31-26(34)16-2-3-16)13-21(11-17)32-15-29-24-14-20(5-7-25(24)32)33-9-1-8-30-33/h1,4-16H,2-3H2,(H,31,34). The molecule has 3 aromatic carbocycles. The zero-order valence-corrected chi connectivity index (χ0v) is 18.0. The number of fused-ring (bicyclic) bond motifs is 1. The van der Waals surface area contributed by atoms with Crippen LogP contribution in [0.25, 0.3) is 33.5 Å². The summed E-state index contributed by atoms with van der Waals surface area (Å²) in [5.41, 5.74) is 4.49. The molecule has 0 saturated heterocycles. The van der Waals surface area contributed by atoms with E-state index in [0.29, 0.717) is 16.9 Å². The summed E-state index contributed by atoms with van der Waals surface area (Å²) in [4.78, 5) is 17.0. The summed E-state index contributed by atoms with van der Waals surface area (Å²) in [6.07, 6.45) is 6.99. The highest BCUT2D eigenvalue weighted by atomic mass is 19.1. The van der Waals surface area contributed by atoms with Gasteiger partial charge in [0, 0.05) is 41.3 Å². The van der Waals surface area contributed by atoms with Crippen molar-refractivity contribution >= 4 is 22.6 Å². The quantitative estimate of drug-likeness (QED) is 0.380. The van der Waals surface area contributed by atoms with Gasteiger partial charge in [-0.15, -0.1) is 0 Å². The van der Waals surface area contributed by atoms with E-state index >= 15 is 0 Å². The Balaban J connectivity index is 1.47. The predicted molar refractivity (Wildman–Crippen MR) is 125 cm³/mol. The van der Waals surface area contributed by atoms with Crippen LogP contribution >= 0.6 is 0 Å². The van der Waals surface area contributed by atoms with Gasteiger partial charge in [-0.25, -0.2) is 18.4 Å². The summed E-state index contributed by atoms with van der Waals surface area (Å²) in [6.45, 7) is 0. The second-order valence-corrected chi connectivity index (χ2v) is 8.39. The van der Waals surface area contributed by atoms with Crippen LogP contribution in [0.5, 0.6) is 0 Å². The first-order valence-corrected chi connectivity index (χ1v) is 10.9. The van der Waals surface area contributed by atoms with Gasteiger partial charge in [0.25, 0.3) is 0 Å². The normalized spacial score (nSPS) is 13.4. The van der Waals surface area contributed by atoms with Gasteiger partial charge in [-0.2, -0.15) is 5.10 Å². The highest BCUT2D eigenvalue weighted by Crippen LogP contribution is 2.33. The van der Waals surface area contributed by atoms with Gasteiger partial charge in [0.1, 0.15) is 18.0 Å². The van der Waals surface area contributed by atoms with E-state index in [1.807, 2.05) is 41.1 Å². The molecule has 2 heterocycles. The summed E-state index contributed by atoms with van der Waals surface area (Å²) in [5, 5.41) is 7.20. The van der Waals surface area contributed by atoms with Gasteiger partial charge in [-0.3, -0.25) is 9.36 Å². The topological polar surface area (TPSA) is 64.7 Å². The molecule has 34 heavy (non-hydrogen) atoms. The third-order valence-corrected chi connectivity index (χ3v) is 5.95. The molecule has 8 heteroatoms. The molecule has 1 saturated carbocycles. The number of carbonyl (C=O) groups is 1. The van der Waals surface area contributed by atoms with E-state index < -0.39 is 11.6 Å². The molecule has 0 aliphatic heterocycles. The van der Waals surface area contributed by atoms with E-state index in [1.165, 1.54) is 12.1 Å². The van der Waals surface area contributed by atoms with Crippen molar-refractivity contribution in [3.8, 4) is 22.5 Å². The average molecular weight is 455 g/mol. The Morgan fingerprint density at radius 3 is 2.65 bits per heavy atom. The molecule has 168 valence electrons. The maximum Gasteiger partial charge on any atom is 0.227 e. The van der Waals surface area contributed by atoms with Crippen molar-refractivity contribution in [2.45, 2.75) is 12.8 Å². The third-order valence-electron chi connectivity index (χ3n) is 5.95. The Hall–Kier alpha value is -4.33. The maximum atomic E-state index is 14.6. The van der Waals surface area contributed by atoms with Crippen LogP contribution in [0.4, 0.5) is 14.5 Å². The first-order valence-electron chi connectivity index (χ1n) is 10.9. The van der Waals surface area contributed by atoms with Crippen LogP contribution in [0.3, 0.4) is 0 Å². The van der Waals surface area contributed by atoms with Gasteiger partial charge in [0.15, 0.2) is 0 Å². The minimum Gasteiger partial charge on any atom is -0.326 e. The molecule has 1 aliphatic carbocycles. The molecule has 1 amide bonds. The lowest BCUT2D eigenvalue weighted by atomic mass is 10.0. The number of imidazole rings is 1. The summed E-state index contributed by atoms with van der Waals surface area (Å²) < 4.78 is 31.8. The van der Waals surface area contributed by atoms with Gasteiger partial charge in [0.2, 0.25) is 5.91 Å². The fraction of sp³-hybridized carbons (Fsp3) is 0.115. The monoisotopic (exact) mass is 455 g/mol. The molecule has 2 aromatic heterocycles. The summed E-state index contributed by atoms with van der Waals surface area (Å²) in [5.74, 6) is -1.35. The maximum absolute atomic E-state index is 14.6. The number of benzene rings is 3. The van der Waals surface area contributed by atoms with Crippen LogP contribution in [0.1, 0.15) is 12.8 Å². The molecule has 1 fully saturated rings. The van der Waals surface area contributed by atoms with E-state index in [1.54, 1.807) is 29.3 Å². The molecule has 6 rings (SSSR count). The largest absolute Gasteiger partial charge is 0.326 e. The van der Waals surface area contributed by atoms with Crippen LogP contribution in [0.15, 0.2) is 79.4 Å². The van der Waals surface area contributed by atoms with Crippen molar-refractivity contribution in [2.75, 3.05) is 5.32 Å². The first-order chi connectivity index (χ1) is 16.5. The fourth-order valence-corrected chi connectivity index (χ4v) is 4.06. The lowest BCUT2D eigenvalue weighted by Gasteiger charge is -2.13.